The molecule has 164 valence electrons. The highest BCUT2D eigenvalue weighted by Gasteiger charge is 2.55. The van der Waals surface area contributed by atoms with E-state index in [1.165, 1.54) is 7.11 Å². The Bertz CT molecular complexity index is 829. The van der Waals surface area contributed by atoms with Gasteiger partial charge in [-0.05, 0) is 61.4 Å². The summed E-state index contributed by atoms with van der Waals surface area (Å²) in [4.78, 5) is 13.6. The van der Waals surface area contributed by atoms with Crippen LogP contribution in [0.3, 0.4) is 0 Å². The van der Waals surface area contributed by atoms with Crippen molar-refractivity contribution in [3.05, 3.63) is 58.9 Å². The summed E-state index contributed by atoms with van der Waals surface area (Å²) in [5.74, 6) is 0.610. The first-order valence-electron chi connectivity index (χ1n) is 10.9. The van der Waals surface area contributed by atoms with Crippen molar-refractivity contribution in [3.63, 3.8) is 0 Å². The van der Waals surface area contributed by atoms with Gasteiger partial charge in [-0.1, -0.05) is 45.4 Å². The molecule has 2 rings (SSSR count). The first kappa shape index (κ1) is 24.1. The average Bonchev–Trinajstić information content (AvgIpc) is 2.77. The minimum absolute atomic E-state index is 0.0927. The number of benzene rings is 1. The van der Waals surface area contributed by atoms with Gasteiger partial charge in [0, 0.05) is 19.1 Å². The Balaban J connectivity index is 2.69. The molecule has 0 saturated heterocycles. The molecule has 1 aromatic carbocycles. The van der Waals surface area contributed by atoms with Gasteiger partial charge in [0.25, 0.3) is 0 Å². The first-order valence-corrected chi connectivity index (χ1v) is 10.9. The maximum absolute atomic E-state index is 13.6. The number of methoxy groups -OCH3 is 2. The molecular weight excluding hydrogens is 376 g/mol. The zero-order chi connectivity index (χ0) is 22.4. The monoisotopic (exact) mass is 412 g/mol. The molecule has 1 aromatic rings. The summed E-state index contributed by atoms with van der Waals surface area (Å²) in [6.07, 6.45) is 5.30. The zero-order valence-corrected chi connectivity index (χ0v) is 19.1. The summed E-state index contributed by atoms with van der Waals surface area (Å²) in [6.45, 7) is 9.91. The van der Waals surface area contributed by atoms with Crippen LogP contribution in [-0.2, 0) is 15.1 Å². The molecule has 0 aromatic heterocycles. The Kier molecular flexibility index (Phi) is 8.25. The lowest BCUT2D eigenvalue weighted by Crippen LogP contribution is -2.53. The van der Waals surface area contributed by atoms with Gasteiger partial charge in [-0.25, -0.2) is 0 Å². The van der Waals surface area contributed by atoms with Gasteiger partial charge in [0.2, 0.25) is 0 Å². The van der Waals surface area contributed by atoms with E-state index in [2.05, 4.69) is 26.2 Å². The van der Waals surface area contributed by atoms with Crippen LogP contribution in [0.15, 0.2) is 53.3 Å². The van der Waals surface area contributed by atoms with Crippen molar-refractivity contribution in [1.82, 2.24) is 0 Å². The van der Waals surface area contributed by atoms with E-state index in [9.17, 15) is 9.90 Å². The van der Waals surface area contributed by atoms with Crippen LogP contribution in [0.2, 0.25) is 0 Å². The van der Waals surface area contributed by atoms with Gasteiger partial charge in [0.05, 0.1) is 7.11 Å². The molecule has 0 saturated carbocycles. The third kappa shape index (κ3) is 4.32. The van der Waals surface area contributed by atoms with Crippen LogP contribution in [0.4, 0.5) is 0 Å². The number of Topliss-reactive ketones (excluding diaryl/α,β-unsaturated/α-hetero) is 1. The lowest BCUT2D eigenvalue weighted by Gasteiger charge is -2.46. The molecule has 0 spiro atoms. The molecule has 2 atom stereocenters. The second-order valence-corrected chi connectivity index (χ2v) is 8.09. The second kappa shape index (κ2) is 10.3. The number of ketones is 1. The Morgan fingerprint density at radius 2 is 1.80 bits per heavy atom. The first-order chi connectivity index (χ1) is 14.3. The van der Waals surface area contributed by atoms with Gasteiger partial charge >= 0.3 is 0 Å². The minimum atomic E-state index is -1.31. The average molecular weight is 413 g/mol. The number of unbranched alkanes of at least 4 members (excludes halogenated alkanes) is 2. The van der Waals surface area contributed by atoms with Crippen molar-refractivity contribution in [2.45, 2.75) is 76.9 Å². The van der Waals surface area contributed by atoms with E-state index in [0.29, 0.717) is 29.7 Å². The summed E-state index contributed by atoms with van der Waals surface area (Å²) in [5.41, 5.74) is 3.27. The van der Waals surface area contributed by atoms with Crippen LogP contribution in [0, 0.1) is 0 Å². The van der Waals surface area contributed by atoms with E-state index in [1.54, 1.807) is 7.11 Å². The Labute approximate surface area is 181 Å². The highest BCUT2D eigenvalue weighted by atomic mass is 16.5. The maximum atomic E-state index is 13.6. The van der Waals surface area contributed by atoms with E-state index >= 15 is 0 Å². The van der Waals surface area contributed by atoms with Crippen LogP contribution in [-0.4, -0.2) is 30.7 Å². The number of ether oxygens (including phenoxy) is 2. The highest BCUT2D eigenvalue weighted by Crippen LogP contribution is 2.50. The van der Waals surface area contributed by atoms with Crippen molar-refractivity contribution in [2.75, 3.05) is 14.2 Å². The number of carbonyl (C=O) groups excluding carboxylic acids is 1. The number of hydrogen-bond donors (Lipinski definition) is 1. The summed E-state index contributed by atoms with van der Waals surface area (Å²) in [6, 6.07) is 7.31. The molecule has 0 bridgehead atoms. The topological polar surface area (TPSA) is 55.8 Å². The minimum Gasteiger partial charge on any atom is -0.497 e. The van der Waals surface area contributed by atoms with Gasteiger partial charge in [-0.2, -0.15) is 0 Å². The summed E-state index contributed by atoms with van der Waals surface area (Å²) >= 11 is 0. The Morgan fingerprint density at radius 1 is 1.17 bits per heavy atom. The van der Waals surface area contributed by atoms with E-state index in [-0.39, 0.29) is 12.2 Å². The van der Waals surface area contributed by atoms with Gasteiger partial charge in [0.1, 0.15) is 11.4 Å². The molecule has 4 nitrogen and oxygen atoms in total. The van der Waals surface area contributed by atoms with Crippen LogP contribution in [0.1, 0.15) is 71.3 Å². The lowest BCUT2D eigenvalue weighted by atomic mass is 9.64. The Hall–Kier alpha value is -2.13. The molecule has 1 aliphatic carbocycles. The normalized spacial score (nSPS) is 24.0. The standard InChI is InChI=1S/C26H36O4/c1-7-10-12-20(9-3)25(28)18-26(30-6,21-14-16-22(29-5)17-15-21)24(27)19(4)23(25)13-11-8-2/h14-17,28H,3,7-8,10-13,18H2,1-2,4-6H3/t25-,26+/m1/s1. The van der Waals surface area contributed by atoms with Crippen LogP contribution >= 0.6 is 0 Å². The van der Waals surface area contributed by atoms with Crippen molar-refractivity contribution >= 4 is 5.78 Å². The van der Waals surface area contributed by atoms with Crippen molar-refractivity contribution in [3.8, 4) is 5.75 Å². The summed E-state index contributed by atoms with van der Waals surface area (Å²) < 4.78 is 11.2. The van der Waals surface area contributed by atoms with E-state index in [0.717, 1.165) is 36.8 Å². The molecule has 0 amide bonds. The molecule has 0 heterocycles. The highest BCUT2D eigenvalue weighted by molar-refractivity contribution is 6.04. The van der Waals surface area contributed by atoms with Crippen molar-refractivity contribution < 1.29 is 19.4 Å². The molecule has 4 heteroatoms. The second-order valence-electron chi connectivity index (χ2n) is 8.09. The number of carbonyl (C=O) groups is 1. The SMILES string of the molecule is C=C=C(CCCC)[C@]1(O)C[C@](OC)(c2ccc(OC)cc2)C(=O)C(C)=C1CCCC. The van der Waals surface area contributed by atoms with E-state index in [1.807, 2.05) is 31.2 Å². The third-order valence-electron chi connectivity index (χ3n) is 6.34. The van der Waals surface area contributed by atoms with E-state index in [4.69, 9.17) is 9.47 Å². The molecule has 1 N–H and O–H groups in total. The molecular formula is C26H36O4. The number of rotatable bonds is 10. The maximum Gasteiger partial charge on any atom is 0.195 e. The van der Waals surface area contributed by atoms with Gasteiger partial charge in [-0.3, -0.25) is 4.79 Å². The van der Waals surface area contributed by atoms with Gasteiger partial charge < -0.3 is 14.6 Å². The number of aliphatic hydroxyl groups is 1. The smallest absolute Gasteiger partial charge is 0.195 e. The quantitative estimate of drug-likeness (QED) is 0.505. The van der Waals surface area contributed by atoms with Gasteiger partial charge in [0.15, 0.2) is 11.4 Å². The summed E-state index contributed by atoms with van der Waals surface area (Å²) in [7, 11) is 3.14. The third-order valence-corrected chi connectivity index (χ3v) is 6.34. The van der Waals surface area contributed by atoms with Crippen LogP contribution < -0.4 is 4.74 Å². The predicted octanol–water partition coefficient (Wildman–Crippen LogP) is 5.65. The predicted molar refractivity (Wildman–Crippen MR) is 121 cm³/mol. The fraction of sp³-hybridized carbons (Fsp3) is 0.538. The largest absolute Gasteiger partial charge is 0.497 e. The zero-order valence-electron chi connectivity index (χ0n) is 19.1. The fourth-order valence-corrected chi connectivity index (χ4v) is 4.51. The van der Waals surface area contributed by atoms with E-state index < -0.39 is 11.2 Å². The van der Waals surface area contributed by atoms with Crippen LogP contribution in [0.5, 0.6) is 5.75 Å². The van der Waals surface area contributed by atoms with Crippen LogP contribution in [0.25, 0.3) is 0 Å². The van der Waals surface area contributed by atoms with Gasteiger partial charge in [-0.15, -0.1) is 5.73 Å². The molecule has 0 fully saturated rings. The lowest BCUT2D eigenvalue weighted by molar-refractivity contribution is -0.148. The summed E-state index contributed by atoms with van der Waals surface area (Å²) in [5, 5.41) is 12.1. The van der Waals surface area contributed by atoms with Crippen molar-refractivity contribution in [2.24, 2.45) is 0 Å². The molecule has 30 heavy (non-hydrogen) atoms. The molecule has 1 aliphatic rings. The molecule has 0 radical (unpaired) electrons. The fourth-order valence-electron chi connectivity index (χ4n) is 4.51. The molecule has 0 unspecified atom stereocenters. The Morgan fingerprint density at radius 3 is 2.30 bits per heavy atom. The number of hydrogen-bond acceptors (Lipinski definition) is 4. The molecule has 0 aliphatic heterocycles. The van der Waals surface area contributed by atoms with Crippen molar-refractivity contribution in [1.29, 1.82) is 0 Å².